The molecule has 0 spiro atoms. The summed E-state index contributed by atoms with van der Waals surface area (Å²) in [4.78, 5) is 41.2. The first kappa shape index (κ1) is 27.7. The minimum absolute atomic E-state index is 0.0799. The van der Waals surface area contributed by atoms with Gasteiger partial charge in [0.1, 0.15) is 29.9 Å². The van der Waals surface area contributed by atoms with E-state index in [0.29, 0.717) is 0 Å². The van der Waals surface area contributed by atoms with Gasteiger partial charge in [0.2, 0.25) is 0 Å². The fourth-order valence-electron chi connectivity index (χ4n) is 4.27. The lowest BCUT2D eigenvalue weighted by Crippen LogP contribution is -2.62. The number of carbonyl (C=O) groups is 3. The molecule has 7 heteroatoms. The van der Waals surface area contributed by atoms with E-state index in [1.807, 2.05) is 30.3 Å². The van der Waals surface area contributed by atoms with Crippen molar-refractivity contribution >= 4 is 18.0 Å². The van der Waals surface area contributed by atoms with E-state index in [4.69, 9.17) is 14.2 Å². The van der Waals surface area contributed by atoms with E-state index in [-0.39, 0.29) is 12.5 Å². The second kappa shape index (κ2) is 11.2. The van der Waals surface area contributed by atoms with Gasteiger partial charge < -0.3 is 14.2 Å². The fraction of sp³-hybridized carbons (Fsp3) is 0.667. The van der Waals surface area contributed by atoms with Gasteiger partial charge in [0.15, 0.2) is 0 Å². The van der Waals surface area contributed by atoms with Gasteiger partial charge in [-0.3, -0.25) is 9.69 Å². The van der Waals surface area contributed by atoms with Crippen molar-refractivity contribution in [3.8, 4) is 0 Å². The third kappa shape index (κ3) is 8.03. The molecule has 7 nitrogen and oxygen atoms in total. The molecular formula is C27H41NO6. The second-order valence-corrected chi connectivity index (χ2v) is 11.2. The van der Waals surface area contributed by atoms with Crippen molar-refractivity contribution in [3.05, 3.63) is 35.9 Å². The van der Waals surface area contributed by atoms with Crippen molar-refractivity contribution in [2.45, 2.75) is 104 Å². The molecule has 1 atom stereocenters. The van der Waals surface area contributed by atoms with Gasteiger partial charge in [-0.2, -0.15) is 0 Å². The van der Waals surface area contributed by atoms with E-state index in [1.54, 1.807) is 48.5 Å². The minimum Gasteiger partial charge on any atom is -0.459 e. The van der Waals surface area contributed by atoms with Crippen molar-refractivity contribution in [1.29, 1.82) is 0 Å². The van der Waals surface area contributed by atoms with Crippen LogP contribution in [-0.2, 0) is 30.4 Å². The summed E-state index contributed by atoms with van der Waals surface area (Å²) in [5.74, 6) is -1.31. The lowest BCUT2D eigenvalue weighted by Gasteiger charge is -2.45. The van der Waals surface area contributed by atoms with Crippen LogP contribution in [-0.4, -0.2) is 46.2 Å². The van der Waals surface area contributed by atoms with Crippen molar-refractivity contribution in [2.75, 3.05) is 6.54 Å². The Morgan fingerprint density at radius 3 is 1.94 bits per heavy atom. The maximum absolute atomic E-state index is 13.7. The van der Waals surface area contributed by atoms with Crippen LogP contribution in [0.15, 0.2) is 30.3 Å². The molecule has 2 rings (SSSR count). The number of ether oxygens (including phenoxy) is 3. The Labute approximate surface area is 204 Å². The van der Waals surface area contributed by atoms with Gasteiger partial charge in [0, 0.05) is 0 Å². The Bertz CT molecular complexity index is 833. The molecule has 1 amide bonds. The number of amides is 1. The highest BCUT2D eigenvalue weighted by Gasteiger charge is 2.52. The quantitative estimate of drug-likeness (QED) is 0.374. The normalized spacial score (nSPS) is 16.8. The molecule has 0 aliphatic heterocycles. The number of carbonyl (C=O) groups excluding carboxylic acids is 3. The van der Waals surface area contributed by atoms with Crippen molar-refractivity contribution < 1.29 is 28.6 Å². The average molecular weight is 476 g/mol. The Kier molecular flexibility index (Phi) is 9.15. The molecule has 1 aromatic rings. The van der Waals surface area contributed by atoms with Crippen LogP contribution in [0.5, 0.6) is 0 Å². The van der Waals surface area contributed by atoms with Gasteiger partial charge in [0.05, 0.1) is 0 Å². The molecular weight excluding hydrogens is 434 g/mol. The molecule has 0 bridgehead atoms. The Balaban J connectivity index is 2.42. The largest absolute Gasteiger partial charge is 0.459 e. The third-order valence-electron chi connectivity index (χ3n) is 5.91. The van der Waals surface area contributed by atoms with Gasteiger partial charge in [-0.25, -0.2) is 9.59 Å². The van der Waals surface area contributed by atoms with Crippen LogP contribution in [0, 0.1) is 5.92 Å². The predicted molar refractivity (Wildman–Crippen MR) is 130 cm³/mol. The molecule has 34 heavy (non-hydrogen) atoms. The average Bonchev–Trinajstić information content (AvgIpc) is 2.74. The SMILES string of the molecule is CC(C)(C)OC(=O)CN(C(=O)OC(C)(C)C)[C@@](C)(C(=O)OCc1ccccc1)C1CCCCC1. The smallest absolute Gasteiger partial charge is 0.411 e. The molecule has 190 valence electrons. The summed E-state index contributed by atoms with van der Waals surface area (Å²) in [7, 11) is 0. The zero-order valence-electron chi connectivity index (χ0n) is 21.8. The molecule has 1 saturated carbocycles. The predicted octanol–water partition coefficient (Wildman–Crippen LogP) is 5.65. The Morgan fingerprint density at radius 2 is 1.41 bits per heavy atom. The van der Waals surface area contributed by atoms with Gasteiger partial charge >= 0.3 is 18.0 Å². The van der Waals surface area contributed by atoms with Crippen molar-refractivity contribution in [1.82, 2.24) is 4.90 Å². The van der Waals surface area contributed by atoms with E-state index in [2.05, 4.69) is 0 Å². The molecule has 0 aromatic heterocycles. The van der Waals surface area contributed by atoms with Crippen LogP contribution in [0.3, 0.4) is 0 Å². The van der Waals surface area contributed by atoms with Crippen LogP contribution >= 0.6 is 0 Å². The summed E-state index contributed by atoms with van der Waals surface area (Å²) >= 11 is 0. The zero-order valence-corrected chi connectivity index (χ0v) is 21.8. The van der Waals surface area contributed by atoms with Gasteiger partial charge in [0.25, 0.3) is 0 Å². The minimum atomic E-state index is -1.38. The third-order valence-corrected chi connectivity index (χ3v) is 5.91. The molecule has 0 unspecified atom stereocenters. The number of hydrogen-bond donors (Lipinski definition) is 0. The highest BCUT2D eigenvalue weighted by atomic mass is 16.6. The number of hydrogen-bond acceptors (Lipinski definition) is 6. The van der Waals surface area contributed by atoms with Crippen LogP contribution in [0.4, 0.5) is 4.79 Å². The summed E-state index contributed by atoms with van der Waals surface area (Å²) in [6.45, 7) is 11.9. The Morgan fingerprint density at radius 1 is 0.853 bits per heavy atom. The fourth-order valence-corrected chi connectivity index (χ4v) is 4.27. The molecule has 0 N–H and O–H groups in total. The standard InChI is InChI=1S/C27H41NO6/c1-25(2,3)33-22(29)18-28(24(31)34-26(4,5)6)27(7,21-16-12-9-13-17-21)23(30)32-19-20-14-10-8-11-15-20/h8,10-11,14-15,21H,9,12-13,16-19H2,1-7H3/t27-/m1/s1. The molecule has 1 aliphatic carbocycles. The number of rotatable bonds is 7. The van der Waals surface area contributed by atoms with Gasteiger partial charge in [-0.1, -0.05) is 49.6 Å². The van der Waals surface area contributed by atoms with E-state index in [0.717, 1.165) is 37.7 Å². The molecule has 1 aromatic carbocycles. The van der Waals surface area contributed by atoms with Crippen molar-refractivity contribution in [2.24, 2.45) is 5.92 Å². The highest BCUT2D eigenvalue weighted by molar-refractivity contribution is 5.88. The summed E-state index contributed by atoms with van der Waals surface area (Å²) in [6, 6.07) is 9.38. The summed E-state index contributed by atoms with van der Waals surface area (Å²) in [5.41, 5.74) is -2.07. The van der Waals surface area contributed by atoms with Crippen LogP contribution in [0.2, 0.25) is 0 Å². The number of esters is 2. The second-order valence-electron chi connectivity index (χ2n) is 11.2. The lowest BCUT2D eigenvalue weighted by molar-refractivity contribution is -0.168. The summed E-state index contributed by atoms with van der Waals surface area (Å²) in [6.07, 6.45) is 3.74. The molecule has 1 aliphatic rings. The van der Waals surface area contributed by atoms with Crippen LogP contribution in [0.1, 0.15) is 86.1 Å². The van der Waals surface area contributed by atoms with Crippen molar-refractivity contribution in [3.63, 3.8) is 0 Å². The molecule has 0 saturated heterocycles. The van der Waals surface area contributed by atoms with E-state index >= 15 is 0 Å². The molecule has 0 radical (unpaired) electrons. The highest BCUT2D eigenvalue weighted by Crippen LogP contribution is 2.38. The summed E-state index contributed by atoms with van der Waals surface area (Å²) in [5, 5.41) is 0. The van der Waals surface area contributed by atoms with Gasteiger partial charge in [-0.05, 0) is 72.8 Å². The summed E-state index contributed by atoms with van der Waals surface area (Å²) < 4.78 is 16.9. The first-order valence-electron chi connectivity index (χ1n) is 12.2. The maximum atomic E-state index is 13.7. The zero-order chi connectivity index (χ0) is 25.6. The van der Waals surface area contributed by atoms with E-state index in [9.17, 15) is 14.4 Å². The Hall–Kier alpha value is -2.57. The van der Waals surface area contributed by atoms with Crippen LogP contribution < -0.4 is 0 Å². The molecule has 1 fully saturated rings. The topological polar surface area (TPSA) is 82.1 Å². The van der Waals surface area contributed by atoms with Crippen LogP contribution in [0.25, 0.3) is 0 Å². The monoisotopic (exact) mass is 475 g/mol. The molecule has 0 heterocycles. The lowest BCUT2D eigenvalue weighted by atomic mass is 9.74. The first-order chi connectivity index (χ1) is 15.7. The number of nitrogens with zero attached hydrogens (tertiary/aromatic N) is 1. The number of benzene rings is 1. The first-order valence-corrected chi connectivity index (χ1v) is 12.2. The van der Waals surface area contributed by atoms with E-state index in [1.165, 1.54) is 4.90 Å². The maximum Gasteiger partial charge on any atom is 0.411 e. The van der Waals surface area contributed by atoms with E-state index < -0.39 is 41.3 Å². The van der Waals surface area contributed by atoms with Gasteiger partial charge in [-0.15, -0.1) is 0 Å².